The summed E-state index contributed by atoms with van der Waals surface area (Å²) in [5.41, 5.74) is 0.513. The second-order valence-electron chi connectivity index (χ2n) is 3.51. The monoisotopic (exact) mass is 248 g/mol. The Hall–Kier alpha value is -1.90. The molecule has 96 valence electrons. The largest absolute Gasteiger partial charge is 0.385 e. The van der Waals surface area contributed by atoms with E-state index in [9.17, 15) is 4.79 Å². The highest BCUT2D eigenvalue weighted by molar-refractivity contribution is 5.89. The number of methoxy groups -OCH3 is 1. The second kappa shape index (κ2) is 8.23. The van der Waals surface area contributed by atoms with Crippen molar-refractivity contribution >= 4 is 11.7 Å². The van der Waals surface area contributed by atoms with Crippen molar-refractivity contribution in [2.24, 2.45) is 0 Å². The third-order valence-electron chi connectivity index (χ3n) is 2.06. The molecule has 1 amide bonds. The Kier molecular flexibility index (Phi) is 6.47. The molecule has 0 aliphatic heterocycles. The maximum Gasteiger partial charge on any atom is 0.225 e. The first kappa shape index (κ1) is 14.2. The van der Waals surface area contributed by atoms with Gasteiger partial charge in [-0.1, -0.05) is 12.0 Å². The van der Waals surface area contributed by atoms with Gasteiger partial charge in [-0.25, -0.2) is 4.98 Å². The van der Waals surface area contributed by atoms with Crippen LogP contribution in [0, 0.1) is 11.8 Å². The van der Waals surface area contributed by atoms with Crippen molar-refractivity contribution in [2.75, 3.05) is 25.6 Å². The zero-order chi connectivity index (χ0) is 13.2. The second-order valence-corrected chi connectivity index (χ2v) is 3.51. The smallest absolute Gasteiger partial charge is 0.225 e. The first-order chi connectivity index (χ1) is 8.76. The number of nitrogens with one attached hydrogen (secondary N) is 1. The fraction of sp³-hybridized carbons (Fsp3) is 0.385. The lowest BCUT2D eigenvalue weighted by molar-refractivity contribution is -0.116. The van der Waals surface area contributed by atoms with Crippen molar-refractivity contribution in [3.8, 4) is 11.8 Å². The van der Waals surface area contributed by atoms with E-state index in [0.717, 1.165) is 0 Å². The van der Waals surface area contributed by atoms with Gasteiger partial charge in [0, 0.05) is 20.1 Å². The van der Waals surface area contributed by atoms with Crippen LogP contribution in [0.3, 0.4) is 0 Å². The third-order valence-corrected chi connectivity index (χ3v) is 2.06. The number of carbonyl (C=O) groups is 1. The molecular formula is C13H16N2O3. The van der Waals surface area contributed by atoms with Crippen molar-refractivity contribution in [3.63, 3.8) is 0 Å². The van der Waals surface area contributed by atoms with Crippen molar-refractivity contribution in [2.45, 2.75) is 12.8 Å². The van der Waals surface area contributed by atoms with E-state index in [1.54, 1.807) is 25.3 Å². The lowest BCUT2D eigenvalue weighted by Crippen LogP contribution is -2.13. The van der Waals surface area contributed by atoms with Crippen molar-refractivity contribution < 1.29 is 14.6 Å². The Bertz CT molecular complexity index is 449. The summed E-state index contributed by atoms with van der Waals surface area (Å²) in [6.45, 7) is 0.345. The summed E-state index contributed by atoms with van der Waals surface area (Å²) < 4.78 is 4.87. The topological polar surface area (TPSA) is 71.5 Å². The minimum absolute atomic E-state index is 0.105. The average molecular weight is 248 g/mol. The number of hydrogen-bond acceptors (Lipinski definition) is 4. The van der Waals surface area contributed by atoms with Crippen LogP contribution in [0.5, 0.6) is 0 Å². The fourth-order valence-electron chi connectivity index (χ4n) is 1.29. The lowest BCUT2D eigenvalue weighted by Gasteiger charge is -2.04. The van der Waals surface area contributed by atoms with Gasteiger partial charge in [0.15, 0.2) is 0 Å². The minimum atomic E-state index is -0.213. The van der Waals surface area contributed by atoms with Crippen LogP contribution in [-0.4, -0.2) is 36.3 Å². The molecule has 1 heterocycles. The number of pyridine rings is 1. The molecule has 0 aliphatic rings. The van der Waals surface area contributed by atoms with Crippen molar-refractivity contribution in [3.05, 3.63) is 23.9 Å². The summed E-state index contributed by atoms with van der Waals surface area (Å²) in [6, 6.07) is 5.15. The van der Waals surface area contributed by atoms with Gasteiger partial charge >= 0.3 is 0 Å². The molecule has 0 saturated heterocycles. The molecule has 0 saturated carbocycles. The van der Waals surface area contributed by atoms with Gasteiger partial charge in [-0.2, -0.15) is 0 Å². The van der Waals surface area contributed by atoms with Crippen LogP contribution >= 0.6 is 0 Å². The number of aliphatic hydroxyl groups excluding tert-OH is 1. The van der Waals surface area contributed by atoms with Gasteiger partial charge in [-0.15, -0.1) is 0 Å². The number of nitrogens with zero attached hydrogens (tertiary/aromatic N) is 1. The molecule has 0 aromatic carbocycles. The number of amides is 1. The molecule has 0 atom stereocenters. The Labute approximate surface area is 106 Å². The lowest BCUT2D eigenvalue weighted by atomic mass is 10.3. The summed E-state index contributed by atoms with van der Waals surface area (Å²) in [6.07, 6.45) is 1.06. The number of aromatic nitrogens is 1. The molecule has 2 N–H and O–H groups in total. The first-order valence-electron chi connectivity index (χ1n) is 5.62. The molecule has 0 fully saturated rings. The molecule has 1 aromatic rings. The van der Waals surface area contributed by atoms with Crippen molar-refractivity contribution in [1.82, 2.24) is 4.98 Å². The third kappa shape index (κ3) is 5.43. The first-order valence-corrected chi connectivity index (χ1v) is 5.62. The van der Waals surface area contributed by atoms with E-state index in [4.69, 9.17) is 9.84 Å². The van der Waals surface area contributed by atoms with Gasteiger partial charge in [0.25, 0.3) is 0 Å². The van der Waals surface area contributed by atoms with Gasteiger partial charge in [0.2, 0.25) is 5.91 Å². The van der Waals surface area contributed by atoms with E-state index in [1.165, 1.54) is 0 Å². The molecule has 5 heteroatoms. The molecule has 1 rings (SSSR count). The van der Waals surface area contributed by atoms with Crippen LogP contribution in [0.25, 0.3) is 0 Å². The van der Waals surface area contributed by atoms with E-state index in [-0.39, 0.29) is 12.5 Å². The quantitative estimate of drug-likeness (QED) is 0.597. The molecule has 0 unspecified atom stereocenters. The Morgan fingerprint density at radius 1 is 1.56 bits per heavy atom. The Morgan fingerprint density at radius 2 is 2.39 bits per heavy atom. The average Bonchev–Trinajstić information content (AvgIpc) is 2.37. The SMILES string of the molecule is COCCCC(=O)Nc1cccc(C#CCO)n1. The van der Waals surface area contributed by atoms with Crippen molar-refractivity contribution in [1.29, 1.82) is 0 Å². The number of ether oxygens (including phenoxy) is 1. The molecule has 5 nitrogen and oxygen atoms in total. The van der Waals surface area contributed by atoms with E-state index < -0.39 is 0 Å². The standard InChI is InChI=1S/C13H16N2O3/c1-18-10-4-8-13(17)15-12-7-2-5-11(14-12)6-3-9-16/h2,5,7,16H,4,8-10H2,1H3,(H,14,15,17). The molecular weight excluding hydrogens is 232 g/mol. The number of aliphatic hydroxyl groups is 1. The van der Waals surface area contributed by atoms with E-state index in [2.05, 4.69) is 22.1 Å². The predicted molar refractivity (Wildman–Crippen MR) is 67.9 cm³/mol. The van der Waals surface area contributed by atoms with Gasteiger partial charge < -0.3 is 15.2 Å². The van der Waals surface area contributed by atoms with Gasteiger partial charge in [0.1, 0.15) is 18.1 Å². The van der Waals surface area contributed by atoms with Gasteiger partial charge in [-0.05, 0) is 24.5 Å². The summed E-state index contributed by atoms with van der Waals surface area (Å²) in [5.74, 6) is 5.53. The highest BCUT2D eigenvalue weighted by atomic mass is 16.5. The molecule has 1 aromatic heterocycles. The summed E-state index contributed by atoms with van der Waals surface area (Å²) in [4.78, 5) is 15.7. The number of hydrogen-bond donors (Lipinski definition) is 2. The van der Waals surface area contributed by atoms with Crippen LogP contribution in [0.15, 0.2) is 18.2 Å². The fourth-order valence-corrected chi connectivity index (χ4v) is 1.29. The number of anilines is 1. The van der Waals surface area contributed by atoms with Gasteiger partial charge in [0.05, 0.1) is 0 Å². The van der Waals surface area contributed by atoms with E-state index >= 15 is 0 Å². The number of carbonyl (C=O) groups excluding carboxylic acids is 1. The molecule has 0 radical (unpaired) electrons. The zero-order valence-corrected chi connectivity index (χ0v) is 10.3. The maximum absolute atomic E-state index is 11.5. The summed E-state index contributed by atoms with van der Waals surface area (Å²) >= 11 is 0. The molecule has 0 aliphatic carbocycles. The minimum Gasteiger partial charge on any atom is -0.385 e. The molecule has 18 heavy (non-hydrogen) atoms. The van der Waals surface area contributed by atoms with Crippen LogP contribution < -0.4 is 5.32 Å². The van der Waals surface area contributed by atoms with Gasteiger partial charge in [-0.3, -0.25) is 4.79 Å². The van der Waals surface area contributed by atoms with Crippen LogP contribution in [0.1, 0.15) is 18.5 Å². The highest BCUT2D eigenvalue weighted by Crippen LogP contribution is 2.05. The molecule has 0 spiro atoms. The highest BCUT2D eigenvalue weighted by Gasteiger charge is 2.03. The Balaban J connectivity index is 2.53. The zero-order valence-electron chi connectivity index (χ0n) is 10.3. The van der Waals surface area contributed by atoms with Crippen LogP contribution in [-0.2, 0) is 9.53 Å². The Morgan fingerprint density at radius 3 is 3.11 bits per heavy atom. The van der Waals surface area contributed by atoms with Crippen LogP contribution in [0.2, 0.25) is 0 Å². The summed E-state index contributed by atoms with van der Waals surface area (Å²) in [7, 11) is 1.60. The summed E-state index contributed by atoms with van der Waals surface area (Å²) in [5, 5.41) is 11.3. The molecule has 0 bridgehead atoms. The normalized spacial score (nSPS) is 9.44. The van der Waals surface area contributed by atoms with E-state index in [0.29, 0.717) is 31.0 Å². The van der Waals surface area contributed by atoms with Crippen LogP contribution in [0.4, 0.5) is 5.82 Å². The number of rotatable bonds is 5. The maximum atomic E-state index is 11.5. The van der Waals surface area contributed by atoms with E-state index in [1.807, 2.05) is 0 Å². The predicted octanol–water partition coefficient (Wildman–Crippen LogP) is 0.790.